The second kappa shape index (κ2) is 6.34. The van der Waals surface area contributed by atoms with Crippen molar-refractivity contribution in [3.8, 4) is 0 Å². The minimum absolute atomic E-state index is 0.112. The van der Waals surface area contributed by atoms with Gasteiger partial charge in [-0.25, -0.2) is 4.79 Å². The standard InChI is InChI=1S/C16H22N2O4/c1-16(2,3)22-15(21)18-9-6-12(13(10-18)14(19)20)11-4-7-17-8-5-11/h4-5,7-8,12-13H,6,9-10H2,1-3H3,(H,19,20). The lowest BCUT2D eigenvalue weighted by atomic mass is 9.81. The van der Waals surface area contributed by atoms with Gasteiger partial charge in [-0.1, -0.05) is 0 Å². The summed E-state index contributed by atoms with van der Waals surface area (Å²) in [5.41, 5.74) is 0.365. The number of hydrogen-bond acceptors (Lipinski definition) is 4. The SMILES string of the molecule is CC(C)(C)OC(=O)N1CCC(c2ccncc2)C(C(=O)O)C1. The molecular formula is C16H22N2O4. The maximum Gasteiger partial charge on any atom is 0.410 e. The molecule has 0 aliphatic carbocycles. The fraction of sp³-hybridized carbons (Fsp3) is 0.562. The molecule has 1 fully saturated rings. The summed E-state index contributed by atoms with van der Waals surface area (Å²) >= 11 is 0. The number of carboxylic acid groups (broad SMARTS) is 1. The van der Waals surface area contributed by atoms with Crippen molar-refractivity contribution in [3.63, 3.8) is 0 Å². The topological polar surface area (TPSA) is 79.7 Å². The first kappa shape index (κ1) is 16.3. The Hall–Kier alpha value is -2.11. The Labute approximate surface area is 130 Å². The zero-order valence-corrected chi connectivity index (χ0v) is 13.2. The van der Waals surface area contributed by atoms with Crippen LogP contribution in [-0.4, -0.2) is 45.7 Å². The van der Waals surface area contributed by atoms with E-state index in [2.05, 4.69) is 4.98 Å². The highest BCUT2D eigenvalue weighted by Crippen LogP contribution is 2.33. The van der Waals surface area contributed by atoms with Crippen molar-refractivity contribution in [1.82, 2.24) is 9.88 Å². The maximum absolute atomic E-state index is 12.1. The monoisotopic (exact) mass is 306 g/mol. The molecule has 2 heterocycles. The first-order chi connectivity index (χ1) is 10.3. The van der Waals surface area contributed by atoms with E-state index in [1.807, 2.05) is 12.1 Å². The van der Waals surface area contributed by atoms with E-state index in [4.69, 9.17) is 4.74 Å². The molecule has 120 valence electrons. The second-order valence-electron chi connectivity index (χ2n) is 6.55. The molecule has 0 radical (unpaired) electrons. The van der Waals surface area contributed by atoms with Crippen LogP contribution >= 0.6 is 0 Å². The average Bonchev–Trinajstić information content (AvgIpc) is 2.45. The molecule has 1 aliphatic heterocycles. The van der Waals surface area contributed by atoms with Gasteiger partial charge in [0.25, 0.3) is 0 Å². The number of carboxylic acids is 1. The predicted octanol–water partition coefficient (Wildman–Crippen LogP) is 2.51. The van der Waals surface area contributed by atoms with Crippen LogP contribution in [-0.2, 0) is 9.53 Å². The molecule has 22 heavy (non-hydrogen) atoms. The molecule has 1 saturated heterocycles. The Balaban J connectivity index is 2.12. The molecule has 6 nitrogen and oxygen atoms in total. The van der Waals surface area contributed by atoms with Crippen molar-refractivity contribution >= 4 is 12.1 Å². The van der Waals surface area contributed by atoms with Crippen LogP contribution in [0.5, 0.6) is 0 Å². The highest BCUT2D eigenvalue weighted by atomic mass is 16.6. The van der Waals surface area contributed by atoms with E-state index < -0.39 is 23.6 Å². The van der Waals surface area contributed by atoms with Gasteiger partial charge in [0, 0.05) is 31.4 Å². The quantitative estimate of drug-likeness (QED) is 0.908. The lowest BCUT2D eigenvalue weighted by Gasteiger charge is -2.37. The van der Waals surface area contributed by atoms with Gasteiger partial charge < -0.3 is 14.7 Å². The summed E-state index contributed by atoms with van der Waals surface area (Å²) in [5.74, 6) is -1.64. The van der Waals surface area contributed by atoms with E-state index in [0.717, 1.165) is 5.56 Å². The Morgan fingerprint density at radius 2 is 1.95 bits per heavy atom. The molecular weight excluding hydrogens is 284 g/mol. The smallest absolute Gasteiger partial charge is 0.410 e. The highest BCUT2D eigenvalue weighted by Gasteiger charge is 2.38. The van der Waals surface area contributed by atoms with Crippen molar-refractivity contribution in [1.29, 1.82) is 0 Å². The number of piperidine rings is 1. The molecule has 2 atom stereocenters. The van der Waals surface area contributed by atoms with Gasteiger partial charge in [0.15, 0.2) is 0 Å². The van der Waals surface area contributed by atoms with E-state index in [1.54, 1.807) is 33.2 Å². The lowest BCUT2D eigenvalue weighted by molar-refractivity contribution is -0.144. The van der Waals surface area contributed by atoms with Crippen molar-refractivity contribution in [2.45, 2.75) is 38.7 Å². The van der Waals surface area contributed by atoms with E-state index in [9.17, 15) is 14.7 Å². The number of nitrogens with zero attached hydrogens (tertiary/aromatic N) is 2. The van der Waals surface area contributed by atoms with Crippen molar-refractivity contribution in [3.05, 3.63) is 30.1 Å². The molecule has 2 rings (SSSR count). The summed E-state index contributed by atoms with van der Waals surface area (Å²) in [6.45, 7) is 6.04. The number of aliphatic carboxylic acids is 1. The first-order valence-electron chi connectivity index (χ1n) is 7.38. The third-order valence-corrected chi connectivity index (χ3v) is 3.72. The molecule has 0 saturated carbocycles. The summed E-state index contributed by atoms with van der Waals surface area (Å²) in [6, 6.07) is 3.67. The second-order valence-corrected chi connectivity index (χ2v) is 6.55. The zero-order chi connectivity index (χ0) is 16.3. The molecule has 0 spiro atoms. The number of rotatable bonds is 2. The Morgan fingerprint density at radius 3 is 2.50 bits per heavy atom. The maximum atomic E-state index is 12.1. The van der Waals surface area contributed by atoms with Crippen LogP contribution in [0.4, 0.5) is 4.79 Å². The van der Waals surface area contributed by atoms with Gasteiger partial charge in [-0.15, -0.1) is 0 Å². The van der Waals surface area contributed by atoms with E-state index in [-0.39, 0.29) is 12.5 Å². The van der Waals surface area contributed by atoms with E-state index >= 15 is 0 Å². The molecule has 1 aromatic heterocycles. The van der Waals surface area contributed by atoms with Crippen LogP contribution in [0.2, 0.25) is 0 Å². The van der Waals surface area contributed by atoms with Gasteiger partial charge >= 0.3 is 12.1 Å². The van der Waals surface area contributed by atoms with Crippen LogP contribution in [0, 0.1) is 5.92 Å². The van der Waals surface area contributed by atoms with Crippen LogP contribution in [0.25, 0.3) is 0 Å². The molecule has 0 aromatic carbocycles. The number of carbonyl (C=O) groups is 2. The summed E-state index contributed by atoms with van der Waals surface area (Å²) in [4.78, 5) is 29.2. The Kier molecular flexibility index (Phi) is 4.68. The Bertz CT molecular complexity index is 539. The molecule has 0 bridgehead atoms. The third-order valence-electron chi connectivity index (χ3n) is 3.72. The molecule has 1 aliphatic rings. The fourth-order valence-corrected chi connectivity index (χ4v) is 2.70. The number of amides is 1. The highest BCUT2D eigenvalue weighted by molar-refractivity contribution is 5.74. The normalized spacial score (nSPS) is 22.2. The minimum Gasteiger partial charge on any atom is -0.481 e. The molecule has 2 unspecified atom stereocenters. The van der Waals surface area contributed by atoms with Crippen LogP contribution in [0.15, 0.2) is 24.5 Å². The fourth-order valence-electron chi connectivity index (χ4n) is 2.70. The van der Waals surface area contributed by atoms with E-state index in [0.29, 0.717) is 13.0 Å². The Morgan fingerprint density at radius 1 is 1.32 bits per heavy atom. The van der Waals surface area contributed by atoms with Crippen molar-refractivity contribution in [2.75, 3.05) is 13.1 Å². The zero-order valence-electron chi connectivity index (χ0n) is 13.2. The minimum atomic E-state index is -0.893. The van der Waals surface area contributed by atoms with Gasteiger partial charge in [0.05, 0.1) is 5.92 Å². The number of carbonyl (C=O) groups excluding carboxylic acids is 1. The van der Waals surface area contributed by atoms with Gasteiger partial charge in [-0.05, 0) is 44.9 Å². The number of pyridine rings is 1. The predicted molar refractivity (Wildman–Crippen MR) is 80.5 cm³/mol. The number of hydrogen-bond donors (Lipinski definition) is 1. The molecule has 6 heteroatoms. The van der Waals surface area contributed by atoms with Gasteiger partial charge in [-0.3, -0.25) is 9.78 Å². The van der Waals surface area contributed by atoms with Crippen molar-refractivity contribution < 1.29 is 19.4 Å². The summed E-state index contributed by atoms with van der Waals surface area (Å²) in [6.07, 6.45) is 3.47. The summed E-state index contributed by atoms with van der Waals surface area (Å²) in [5, 5.41) is 9.51. The summed E-state index contributed by atoms with van der Waals surface area (Å²) < 4.78 is 5.33. The van der Waals surface area contributed by atoms with Crippen LogP contribution < -0.4 is 0 Å². The average molecular weight is 306 g/mol. The van der Waals surface area contributed by atoms with Gasteiger partial charge in [0.2, 0.25) is 0 Å². The van der Waals surface area contributed by atoms with Gasteiger partial charge in [0.1, 0.15) is 5.60 Å². The largest absolute Gasteiger partial charge is 0.481 e. The lowest BCUT2D eigenvalue weighted by Crippen LogP contribution is -2.47. The number of likely N-dealkylation sites (tertiary alicyclic amines) is 1. The number of aromatic nitrogens is 1. The van der Waals surface area contributed by atoms with E-state index in [1.165, 1.54) is 4.90 Å². The molecule has 1 aromatic rings. The third kappa shape index (κ3) is 3.96. The molecule has 1 amide bonds. The summed E-state index contributed by atoms with van der Waals surface area (Å²) in [7, 11) is 0. The van der Waals surface area contributed by atoms with Crippen molar-refractivity contribution in [2.24, 2.45) is 5.92 Å². The molecule has 1 N–H and O–H groups in total. The first-order valence-corrected chi connectivity index (χ1v) is 7.38. The van der Waals surface area contributed by atoms with Gasteiger partial charge in [-0.2, -0.15) is 0 Å². The number of ether oxygens (including phenoxy) is 1. The van der Waals surface area contributed by atoms with Crippen LogP contribution in [0.3, 0.4) is 0 Å². The van der Waals surface area contributed by atoms with Crippen LogP contribution in [0.1, 0.15) is 38.7 Å².